The number of amides is 1. The van der Waals surface area contributed by atoms with Gasteiger partial charge in [-0.15, -0.1) is 0 Å². The SMILES string of the molecule is O=C(NC1CCCCC1)C(C1CCCCC1)n1c(-c2ccc(-c3ncc[nH]3)cc2)nc2ccccc21.[Cl-].[H+]. The van der Waals surface area contributed by atoms with Crippen LogP contribution in [0.1, 0.15) is 71.7 Å². The van der Waals surface area contributed by atoms with Gasteiger partial charge in [0, 0.05) is 29.6 Å². The van der Waals surface area contributed by atoms with Crippen molar-refractivity contribution in [2.75, 3.05) is 0 Å². The Morgan fingerprint density at radius 1 is 0.919 bits per heavy atom. The molecule has 0 spiro atoms. The minimum absolute atomic E-state index is 0. The van der Waals surface area contributed by atoms with Crippen LogP contribution in [0, 0.1) is 5.92 Å². The maximum absolute atomic E-state index is 14.1. The number of H-pyrrole nitrogens is 1. The lowest BCUT2D eigenvalue weighted by Crippen LogP contribution is -3.00. The third kappa shape index (κ3) is 5.30. The number of benzene rings is 2. The lowest BCUT2D eigenvalue weighted by molar-refractivity contribution is -0.127. The van der Waals surface area contributed by atoms with Gasteiger partial charge >= 0.3 is 1.43 Å². The van der Waals surface area contributed by atoms with Gasteiger partial charge in [0.25, 0.3) is 0 Å². The van der Waals surface area contributed by atoms with Crippen LogP contribution in [-0.4, -0.2) is 31.5 Å². The fourth-order valence-electron chi connectivity index (χ4n) is 6.26. The van der Waals surface area contributed by atoms with Gasteiger partial charge in [-0.3, -0.25) is 4.79 Å². The van der Waals surface area contributed by atoms with E-state index in [1.807, 2.05) is 12.3 Å². The standard InChI is InChI=1S/C30H35N5O.ClH/c36-30(33-24-11-5-2-6-12-24)27(21-9-3-1-4-10-21)35-26-14-8-7-13-25(26)34-29(35)23-17-15-22(16-18-23)28-31-19-20-32-28;/h7-8,13-21,24,27H,1-6,9-12H2,(H,31,32)(H,33,36);1H. The number of carbonyl (C=O) groups excluding carboxylic acids is 1. The van der Waals surface area contributed by atoms with Crippen molar-refractivity contribution in [3.8, 4) is 22.8 Å². The first-order valence-corrected chi connectivity index (χ1v) is 13.7. The number of imidazole rings is 2. The molecule has 1 unspecified atom stereocenters. The van der Waals surface area contributed by atoms with E-state index in [1.54, 1.807) is 6.20 Å². The molecule has 0 radical (unpaired) electrons. The summed E-state index contributed by atoms with van der Waals surface area (Å²) in [6.07, 6.45) is 15.3. The van der Waals surface area contributed by atoms with Gasteiger partial charge in [-0.05, 0) is 43.7 Å². The zero-order valence-corrected chi connectivity index (χ0v) is 22.0. The smallest absolute Gasteiger partial charge is 1.00 e. The summed E-state index contributed by atoms with van der Waals surface area (Å²) in [4.78, 5) is 26.7. The predicted molar refractivity (Wildman–Crippen MR) is 144 cm³/mol. The van der Waals surface area contributed by atoms with E-state index in [-0.39, 0.29) is 25.8 Å². The highest BCUT2D eigenvalue weighted by Gasteiger charge is 2.35. The van der Waals surface area contributed by atoms with Crippen LogP contribution in [0.3, 0.4) is 0 Å². The monoisotopic (exact) mass is 517 g/mol. The second kappa shape index (κ2) is 11.5. The number of nitrogens with one attached hydrogen (secondary N) is 2. The highest BCUT2D eigenvalue weighted by molar-refractivity contribution is 5.87. The summed E-state index contributed by atoms with van der Waals surface area (Å²) in [5.41, 5.74) is 4.03. The number of rotatable bonds is 6. The molecule has 2 N–H and O–H groups in total. The van der Waals surface area contributed by atoms with Crippen LogP contribution in [0.2, 0.25) is 0 Å². The number of hydrogen-bond acceptors (Lipinski definition) is 3. The van der Waals surface area contributed by atoms with Gasteiger partial charge in [-0.2, -0.15) is 0 Å². The van der Waals surface area contributed by atoms with Crippen LogP contribution >= 0.6 is 0 Å². The average molecular weight is 518 g/mol. The van der Waals surface area contributed by atoms with Crippen LogP contribution in [0.15, 0.2) is 60.9 Å². The largest absolute Gasteiger partial charge is 1.00 e. The minimum Gasteiger partial charge on any atom is -1.00 e. The van der Waals surface area contributed by atoms with Crippen molar-refractivity contribution < 1.29 is 18.6 Å². The van der Waals surface area contributed by atoms with Crippen molar-refractivity contribution in [2.24, 2.45) is 5.92 Å². The molecule has 4 aromatic rings. The lowest BCUT2D eigenvalue weighted by Gasteiger charge is -2.33. The van der Waals surface area contributed by atoms with E-state index in [1.165, 1.54) is 38.5 Å². The van der Waals surface area contributed by atoms with E-state index in [0.717, 1.165) is 59.5 Å². The number of para-hydroxylation sites is 2. The van der Waals surface area contributed by atoms with Gasteiger partial charge in [-0.1, -0.05) is 74.9 Å². The Balaban J connectivity index is 0.00000168. The summed E-state index contributed by atoms with van der Waals surface area (Å²) >= 11 is 0. The molecule has 2 aromatic carbocycles. The molecule has 2 heterocycles. The maximum Gasteiger partial charge on any atom is 1.00 e. The molecule has 1 amide bonds. The Morgan fingerprint density at radius 3 is 2.30 bits per heavy atom. The lowest BCUT2D eigenvalue weighted by atomic mass is 9.82. The molecule has 7 heteroatoms. The first-order chi connectivity index (χ1) is 17.8. The average Bonchev–Trinajstić information content (AvgIpc) is 3.60. The molecule has 37 heavy (non-hydrogen) atoms. The summed E-state index contributed by atoms with van der Waals surface area (Å²) < 4.78 is 2.26. The Kier molecular flexibility index (Phi) is 7.94. The molecular formula is C30H36ClN5O. The molecule has 2 aliphatic rings. The second-order valence-electron chi connectivity index (χ2n) is 10.5. The zero-order chi connectivity index (χ0) is 24.3. The molecule has 6 nitrogen and oxygen atoms in total. The molecule has 2 saturated carbocycles. The second-order valence-corrected chi connectivity index (χ2v) is 10.5. The Morgan fingerprint density at radius 2 is 1.59 bits per heavy atom. The molecule has 1 atom stereocenters. The quantitative estimate of drug-likeness (QED) is 0.408. The van der Waals surface area contributed by atoms with Crippen LogP contribution < -0.4 is 17.7 Å². The van der Waals surface area contributed by atoms with Gasteiger partial charge in [0.15, 0.2) is 0 Å². The number of aromatic nitrogens is 4. The van der Waals surface area contributed by atoms with Gasteiger partial charge in [0.2, 0.25) is 5.91 Å². The van der Waals surface area contributed by atoms with Gasteiger partial charge in [-0.25, -0.2) is 9.97 Å². The van der Waals surface area contributed by atoms with E-state index >= 15 is 0 Å². The third-order valence-electron chi connectivity index (χ3n) is 8.11. The number of halogens is 1. The van der Waals surface area contributed by atoms with E-state index in [9.17, 15) is 4.79 Å². The summed E-state index contributed by atoms with van der Waals surface area (Å²) in [5, 5.41) is 3.48. The summed E-state index contributed by atoms with van der Waals surface area (Å²) in [7, 11) is 0. The van der Waals surface area contributed by atoms with Crippen LogP contribution in [-0.2, 0) is 4.79 Å². The fraction of sp³-hybridized carbons (Fsp3) is 0.433. The minimum atomic E-state index is -0.251. The van der Waals surface area contributed by atoms with Crippen molar-refractivity contribution in [1.29, 1.82) is 0 Å². The fourth-order valence-corrected chi connectivity index (χ4v) is 6.26. The summed E-state index contributed by atoms with van der Waals surface area (Å²) in [6, 6.07) is 16.7. The van der Waals surface area contributed by atoms with E-state index in [4.69, 9.17) is 4.98 Å². The van der Waals surface area contributed by atoms with Crippen molar-refractivity contribution in [3.05, 3.63) is 60.9 Å². The highest BCUT2D eigenvalue weighted by atomic mass is 35.5. The number of carbonyl (C=O) groups is 1. The highest BCUT2D eigenvalue weighted by Crippen LogP contribution is 2.39. The van der Waals surface area contributed by atoms with Crippen LogP contribution in [0.25, 0.3) is 33.8 Å². The summed E-state index contributed by atoms with van der Waals surface area (Å²) in [5.74, 6) is 2.21. The predicted octanol–water partition coefficient (Wildman–Crippen LogP) is 3.78. The van der Waals surface area contributed by atoms with Crippen LogP contribution in [0.5, 0.6) is 0 Å². The Labute approximate surface area is 226 Å². The topological polar surface area (TPSA) is 75.6 Å². The van der Waals surface area contributed by atoms with Gasteiger partial charge in [0.05, 0.1) is 11.0 Å². The molecule has 0 bridgehead atoms. The molecule has 194 valence electrons. The summed E-state index contributed by atoms with van der Waals surface area (Å²) in [6.45, 7) is 0. The van der Waals surface area contributed by atoms with E-state index in [2.05, 4.69) is 62.3 Å². The first kappa shape index (κ1) is 25.5. The number of hydrogen-bond donors (Lipinski definition) is 2. The van der Waals surface area contributed by atoms with Gasteiger partial charge in [0.1, 0.15) is 17.7 Å². The number of fused-ring (bicyclic) bond motifs is 1. The maximum atomic E-state index is 14.1. The Bertz CT molecular complexity index is 1310. The molecule has 6 rings (SSSR count). The number of nitrogens with zero attached hydrogens (tertiary/aromatic N) is 3. The zero-order valence-electron chi connectivity index (χ0n) is 22.2. The number of aromatic amines is 1. The normalized spacial score (nSPS) is 17.8. The third-order valence-corrected chi connectivity index (χ3v) is 8.11. The van der Waals surface area contributed by atoms with Crippen molar-refractivity contribution in [2.45, 2.75) is 76.3 Å². The molecule has 0 aliphatic heterocycles. The molecule has 0 saturated heterocycles. The van der Waals surface area contributed by atoms with Crippen molar-refractivity contribution in [1.82, 2.24) is 24.8 Å². The van der Waals surface area contributed by atoms with Gasteiger partial charge < -0.3 is 27.3 Å². The van der Waals surface area contributed by atoms with Crippen molar-refractivity contribution >= 4 is 16.9 Å². The molecule has 2 aromatic heterocycles. The van der Waals surface area contributed by atoms with E-state index < -0.39 is 0 Å². The Hall–Kier alpha value is -3.12. The van der Waals surface area contributed by atoms with E-state index in [0.29, 0.717) is 12.0 Å². The van der Waals surface area contributed by atoms with Crippen molar-refractivity contribution in [3.63, 3.8) is 0 Å². The first-order valence-electron chi connectivity index (χ1n) is 13.7. The molecule has 2 aliphatic carbocycles. The molecule has 2 fully saturated rings. The molecular weight excluding hydrogens is 482 g/mol. The van der Waals surface area contributed by atoms with Crippen LogP contribution in [0.4, 0.5) is 0 Å².